The van der Waals surface area contributed by atoms with Crippen molar-refractivity contribution in [3.63, 3.8) is 0 Å². The Labute approximate surface area is 95.7 Å². The van der Waals surface area contributed by atoms with Crippen LogP contribution in [0.1, 0.15) is 23.6 Å². The van der Waals surface area contributed by atoms with Gasteiger partial charge in [0.15, 0.2) is 0 Å². The Morgan fingerprint density at radius 2 is 1.87 bits per heavy atom. The average molecular weight is 224 g/mol. The van der Waals surface area contributed by atoms with Crippen molar-refractivity contribution in [2.24, 2.45) is 5.41 Å². The molecule has 82 valence electrons. The Kier molecular flexibility index (Phi) is 2.93. The molecule has 0 saturated carbocycles. The lowest BCUT2D eigenvalue weighted by Gasteiger charge is -2.33. The Bertz CT molecular complexity index is 349. The van der Waals surface area contributed by atoms with Gasteiger partial charge in [0, 0.05) is 28.4 Å². The summed E-state index contributed by atoms with van der Waals surface area (Å²) < 4.78 is 11.5. The normalized spacial score (nSPS) is 20.7. The molecule has 0 aromatic carbocycles. The molecule has 0 aliphatic carbocycles. The molecule has 0 atom stereocenters. The molecule has 1 aromatic heterocycles. The summed E-state index contributed by atoms with van der Waals surface area (Å²) in [5.74, 6) is 0. The SMILES string of the molecule is Cc1cc(B2OCC(C)(C)CO2)c(C)s1. The monoisotopic (exact) mass is 224 g/mol. The largest absolute Gasteiger partial charge is 0.495 e. The van der Waals surface area contributed by atoms with Crippen LogP contribution >= 0.6 is 11.3 Å². The smallest absolute Gasteiger partial charge is 0.407 e. The number of aryl methyl sites for hydroxylation is 2. The number of thiophene rings is 1. The van der Waals surface area contributed by atoms with Crippen LogP contribution in [0.3, 0.4) is 0 Å². The molecule has 0 spiro atoms. The zero-order valence-corrected chi connectivity index (χ0v) is 10.6. The molecular formula is C11H17BO2S. The zero-order chi connectivity index (χ0) is 11.1. The van der Waals surface area contributed by atoms with E-state index in [9.17, 15) is 0 Å². The first kappa shape index (κ1) is 11.2. The van der Waals surface area contributed by atoms with Crippen LogP contribution in [0.15, 0.2) is 6.07 Å². The van der Waals surface area contributed by atoms with Crippen LogP contribution < -0.4 is 5.46 Å². The molecule has 0 amide bonds. The molecule has 15 heavy (non-hydrogen) atoms. The molecular weight excluding hydrogens is 207 g/mol. The highest BCUT2D eigenvalue weighted by Gasteiger charge is 2.34. The highest BCUT2D eigenvalue weighted by Crippen LogP contribution is 2.23. The van der Waals surface area contributed by atoms with Crippen molar-refractivity contribution in [1.82, 2.24) is 0 Å². The van der Waals surface area contributed by atoms with E-state index in [0.29, 0.717) is 0 Å². The lowest BCUT2D eigenvalue weighted by atomic mass is 9.76. The van der Waals surface area contributed by atoms with E-state index in [1.54, 1.807) is 11.3 Å². The van der Waals surface area contributed by atoms with Crippen LogP contribution in [0.25, 0.3) is 0 Å². The summed E-state index contributed by atoms with van der Waals surface area (Å²) in [6.45, 7) is 10.1. The summed E-state index contributed by atoms with van der Waals surface area (Å²) in [6, 6.07) is 2.17. The van der Waals surface area contributed by atoms with Crippen molar-refractivity contribution < 1.29 is 9.31 Å². The van der Waals surface area contributed by atoms with Gasteiger partial charge in [0.05, 0.1) is 0 Å². The molecule has 2 heterocycles. The van der Waals surface area contributed by atoms with Crippen molar-refractivity contribution in [3.8, 4) is 0 Å². The van der Waals surface area contributed by atoms with Crippen LogP contribution in [0.2, 0.25) is 0 Å². The average Bonchev–Trinajstić information content (AvgIpc) is 2.45. The lowest BCUT2D eigenvalue weighted by Crippen LogP contribution is -2.47. The van der Waals surface area contributed by atoms with E-state index < -0.39 is 0 Å². The standard InChI is InChI=1S/C11H17BO2S/c1-8-5-10(9(2)15-8)12-13-6-11(3,4)7-14-12/h5H,6-7H2,1-4H3. The van der Waals surface area contributed by atoms with E-state index in [2.05, 4.69) is 33.8 Å². The van der Waals surface area contributed by atoms with Crippen LogP contribution in [0, 0.1) is 19.3 Å². The topological polar surface area (TPSA) is 18.5 Å². The van der Waals surface area contributed by atoms with Gasteiger partial charge in [-0.1, -0.05) is 13.8 Å². The molecule has 2 rings (SSSR count). The van der Waals surface area contributed by atoms with E-state index in [1.807, 2.05) is 0 Å². The van der Waals surface area contributed by atoms with Crippen molar-refractivity contribution in [1.29, 1.82) is 0 Å². The molecule has 1 aliphatic heterocycles. The zero-order valence-electron chi connectivity index (χ0n) is 9.79. The van der Waals surface area contributed by atoms with Crippen molar-refractivity contribution >= 4 is 23.9 Å². The van der Waals surface area contributed by atoms with Gasteiger partial charge in [-0.3, -0.25) is 0 Å². The molecule has 2 nitrogen and oxygen atoms in total. The predicted molar refractivity (Wildman–Crippen MR) is 64.9 cm³/mol. The fourth-order valence-corrected chi connectivity index (χ4v) is 2.70. The summed E-state index contributed by atoms with van der Waals surface area (Å²) >= 11 is 1.80. The summed E-state index contributed by atoms with van der Waals surface area (Å²) in [4.78, 5) is 2.62. The van der Waals surface area contributed by atoms with Gasteiger partial charge in [0.25, 0.3) is 0 Å². The Morgan fingerprint density at radius 1 is 1.27 bits per heavy atom. The second-order valence-corrected chi connectivity index (χ2v) is 6.45. The number of hydrogen-bond acceptors (Lipinski definition) is 3. The summed E-state index contributed by atoms with van der Waals surface area (Å²) in [5, 5.41) is 0. The Balaban J connectivity index is 2.11. The van der Waals surface area contributed by atoms with Crippen LogP contribution in [-0.4, -0.2) is 20.3 Å². The maximum atomic E-state index is 5.76. The van der Waals surface area contributed by atoms with Gasteiger partial charge in [-0.25, -0.2) is 0 Å². The van der Waals surface area contributed by atoms with Gasteiger partial charge in [0.2, 0.25) is 0 Å². The molecule has 1 saturated heterocycles. The number of rotatable bonds is 1. The maximum absolute atomic E-state index is 5.76. The third kappa shape index (κ3) is 2.44. The molecule has 0 bridgehead atoms. The second kappa shape index (κ2) is 3.93. The van der Waals surface area contributed by atoms with Gasteiger partial charge < -0.3 is 9.31 Å². The van der Waals surface area contributed by atoms with Crippen molar-refractivity contribution in [2.75, 3.05) is 13.2 Å². The van der Waals surface area contributed by atoms with E-state index in [0.717, 1.165) is 13.2 Å². The van der Waals surface area contributed by atoms with Crippen LogP contribution in [-0.2, 0) is 9.31 Å². The van der Waals surface area contributed by atoms with Gasteiger partial charge in [-0.05, 0) is 25.4 Å². The molecule has 1 fully saturated rings. The first-order valence-corrected chi connectivity index (χ1v) is 6.10. The van der Waals surface area contributed by atoms with Crippen molar-refractivity contribution in [3.05, 3.63) is 15.8 Å². The second-order valence-electron chi connectivity index (χ2n) is 4.99. The molecule has 1 aromatic rings. The quantitative estimate of drug-likeness (QED) is 0.680. The van der Waals surface area contributed by atoms with Gasteiger partial charge >= 0.3 is 7.12 Å². The minimum Gasteiger partial charge on any atom is -0.407 e. The summed E-state index contributed by atoms with van der Waals surface area (Å²) in [7, 11) is -0.150. The Hall–Kier alpha value is -0.315. The van der Waals surface area contributed by atoms with E-state index in [1.165, 1.54) is 15.2 Å². The summed E-state index contributed by atoms with van der Waals surface area (Å²) in [6.07, 6.45) is 0. The number of hydrogen-bond donors (Lipinski definition) is 0. The van der Waals surface area contributed by atoms with Crippen LogP contribution in [0.4, 0.5) is 0 Å². The molecule has 0 radical (unpaired) electrons. The van der Waals surface area contributed by atoms with Gasteiger partial charge in [-0.15, -0.1) is 11.3 Å². The van der Waals surface area contributed by atoms with Gasteiger partial charge in [-0.2, -0.15) is 0 Å². The molecule has 1 aliphatic rings. The first-order valence-electron chi connectivity index (χ1n) is 5.28. The van der Waals surface area contributed by atoms with Crippen molar-refractivity contribution in [2.45, 2.75) is 27.7 Å². The first-order chi connectivity index (χ1) is 6.98. The maximum Gasteiger partial charge on any atom is 0.495 e. The fraction of sp³-hybridized carbons (Fsp3) is 0.636. The van der Waals surface area contributed by atoms with E-state index >= 15 is 0 Å². The molecule has 4 heteroatoms. The van der Waals surface area contributed by atoms with Crippen LogP contribution in [0.5, 0.6) is 0 Å². The third-order valence-corrected chi connectivity index (χ3v) is 3.57. The molecule has 0 N–H and O–H groups in total. The minimum absolute atomic E-state index is 0.148. The third-order valence-electron chi connectivity index (χ3n) is 2.58. The van der Waals surface area contributed by atoms with E-state index in [-0.39, 0.29) is 12.5 Å². The predicted octanol–water partition coefficient (Wildman–Crippen LogP) is 2.13. The molecule has 0 unspecified atom stereocenters. The van der Waals surface area contributed by atoms with E-state index in [4.69, 9.17) is 9.31 Å². The van der Waals surface area contributed by atoms with Gasteiger partial charge in [0.1, 0.15) is 0 Å². The minimum atomic E-state index is -0.150. The summed E-state index contributed by atoms with van der Waals surface area (Å²) in [5.41, 5.74) is 1.35. The Morgan fingerprint density at radius 3 is 2.33 bits per heavy atom. The fourth-order valence-electron chi connectivity index (χ4n) is 1.76. The highest BCUT2D eigenvalue weighted by atomic mass is 32.1. The lowest BCUT2D eigenvalue weighted by molar-refractivity contribution is 0.0343. The highest BCUT2D eigenvalue weighted by molar-refractivity contribution is 7.13.